The molecule has 1 aromatic rings. The fourth-order valence-corrected chi connectivity index (χ4v) is 2.53. The van der Waals surface area contributed by atoms with Crippen molar-refractivity contribution < 1.29 is 24.9 Å². The minimum Gasteiger partial charge on any atom is -0.394 e. The Morgan fingerprint density at radius 2 is 2.12 bits per heavy atom. The number of carbonyl (C=O) groups excluding carboxylic acids is 1. The average molecular weight is 341 g/mol. The minimum atomic E-state index is -1.36. The molecule has 1 aromatic heterocycles. The zero-order chi connectivity index (χ0) is 17.7. The molecule has 4 atom stereocenters. The Bertz CT molecular complexity index is 619. The van der Waals surface area contributed by atoms with Crippen LogP contribution in [0.1, 0.15) is 38.8 Å². The summed E-state index contributed by atoms with van der Waals surface area (Å²) in [5.74, 6) is -0.106. The first kappa shape index (κ1) is 18.5. The van der Waals surface area contributed by atoms with Gasteiger partial charge >= 0.3 is 5.69 Å². The molecule has 0 aliphatic carbocycles. The van der Waals surface area contributed by atoms with E-state index in [0.717, 1.165) is 23.8 Å². The van der Waals surface area contributed by atoms with Crippen LogP contribution >= 0.6 is 0 Å². The number of amides is 1. The molecule has 0 saturated carbocycles. The van der Waals surface area contributed by atoms with E-state index in [1.807, 2.05) is 6.92 Å². The maximum Gasteiger partial charge on any atom is 0.351 e. The number of anilines is 1. The normalized spacial score (nSPS) is 26.5. The van der Waals surface area contributed by atoms with Crippen LogP contribution in [0.5, 0.6) is 0 Å². The van der Waals surface area contributed by atoms with Gasteiger partial charge in [0, 0.05) is 12.6 Å². The number of aliphatic hydroxyl groups is 3. The minimum absolute atomic E-state index is 0.115. The number of ether oxygens (including phenoxy) is 1. The first-order valence-corrected chi connectivity index (χ1v) is 7.99. The van der Waals surface area contributed by atoms with E-state index in [1.165, 1.54) is 12.3 Å². The van der Waals surface area contributed by atoms with Crippen molar-refractivity contribution in [1.29, 1.82) is 0 Å². The van der Waals surface area contributed by atoms with Gasteiger partial charge in [-0.15, -0.1) is 0 Å². The molecule has 0 radical (unpaired) electrons. The predicted molar refractivity (Wildman–Crippen MR) is 84.3 cm³/mol. The number of nitrogens with one attached hydrogen (secondary N) is 1. The topological polar surface area (TPSA) is 134 Å². The van der Waals surface area contributed by atoms with Crippen LogP contribution in [0.2, 0.25) is 0 Å². The van der Waals surface area contributed by atoms with Crippen LogP contribution in [-0.4, -0.2) is 55.7 Å². The highest BCUT2D eigenvalue weighted by molar-refractivity contribution is 5.89. The molecule has 1 amide bonds. The van der Waals surface area contributed by atoms with Crippen molar-refractivity contribution in [3.8, 4) is 0 Å². The molecule has 0 spiro atoms. The smallest absolute Gasteiger partial charge is 0.351 e. The second kappa shape index (κ2) is 8.34. The fourth-order valence-electron chi connectivity index (χ4n) is 2.53. The monoisotopic (exact) mass is 341 g/mol. The molecule has 4 N–H and O–H groups in total. The molecule has 1 aliphatic heterocycles. The second-order valence-corrected chi connectivity index (χ2v) is 5.74. The van der Waals surface area contributed by atoms with E-state index in [0.29, 0.717) is 6.42 Å². The fraction of sp³-hybridized carbons (Fsp3) is 0.667. The number of hydrogen-bond donors (Lipinski definition) is 4. The molecule has 0 bridgehead atoms. The van der Waals surface area contributed by atoms with E-state index in [9.17, 15) is 19.8 Å². The van der Waals surface area contributed by atoms with Crippen LogP contribution < -0.4 is 11.0 Å². The number of hydrogen-bond acceptors (Lipinski definition) is 7. The van der Waals surface area contributed by atoms with Gasteiger partial charge in [0.25, 0.3) is 0 Å². The van der Waals surface area contributed by atoms with Crippen LogP contribution in [0, 0.1) is 0 Å². The summed E-state index contributed by atoms with van der Waals surface area (Å²) in [7, 11) is 0. The summed E-state index contributed by atoms with van der Waals surface area (Å²) >= 11 is 0. The maximum absolute atomic E-state index is 12.1. The Morgan fingerprint density at radius 1 is 1.38 bits per heavy atom. The molecule has 9 heteroatoms. The van der Waals surface area contributed by atoms with Crippen molar-refractivity contribution in [3.63, 3.8) is 0 Å². The quantitative estimate of drug-likeness (QED) is 0.485. The number of aromatic nitrogens is 2. The zero-order valence-electron chi connectivity index (χ0n) is 13.5. The average Bonchev–Trinajstić information content (AvgIpc) is 2.83. The van der Waals surface area contributed by atoms with Crippen molar-refractivity contribution in [2.24, 2.45) is 0 Å². The van der Waals surface area contributed by atoms with Gasteiger partial charge in [-0.2, -0.15) is 4.98 Å². The van der Waals surface area contributed by atoms with Gasteiger partial charge in [-0.25, -0.2) is 4.79 Å². The van der Waals surface area contributed by atoms with Crippen molar-refractivity contribution in [2.75, 3.05) is 11.9 Å². The summed E-state index contributed by atoms with van der Waals surface area (Å²) in [6.07, 6.45) is -0.394. The number of unbranched alkanes of at least 4 members (excludes halogenated alkanes) is 2. The molecule has 0 aromatic carbocycles. The lowest BCUT2D eigenvalue weighted by molar-refractivity contribution is -0.116. The van der Waals surface area contributed by atoms with Crippen LogP contribution in [0.4, 0.5) is 5.82 Å². The van der Waals surface area contributed by atoms with Crippen molar-refractivity contribution >= 4 is 11.7 Å². The van der Waals surface area contributed by atoms with Gasteiger partial charge in [-0.3, -0.25) is 9.36 Å². The molecule has 134 valence electrons. The molecule has 1 aliphatic rings. The largest absolute Gasteiger partial charge is 0.394 e. The summed E-state index contributed by atoms with van der Waals surface area (Å²) in [5.41, 5.74) is -0.740. The summed E-state index contributed by atoms with van der Waals surface area (Å²) in [6, 6.07) is 1.41. The summed E-state index contributed by atoms with van der Waals surface area (Å²) in [6.45, 7) is 1.56. The van der Waals surface area contributed by atoms with E-state index in [2.05, 4.69) is 10.3 Å². The summed E-state index contributed by atoms with van der Waals surface area (Å²) in [4.78, 5) is 27.5. The highest BCUT2D eigenvalue weighted by atomic mass is 16.6. The Labute approximate surface area is 138 Å². The predicted octanol–water partition coefficient (Wildman–Crippen LogP) is -0.626. The third-order valence-electron chi connectivity index (χ3n) is 3.90. The van der Waals surface area contributed by atoms with E-state index in [-0.39, 0.29) is 11.7 Å². The van der Waals surface area contributed by atoms with Gasteiger partial charge in [-0.05, 0) is 12.5 Å². The van der Waals surface area contributed by atoms with Gasteiger partial charge in [-0.1, -0.05) is 19.8 Å². The molecular weight excluding hydrogens is 318 g/mol. The zero-order valence-corrected chi connectivity index (χ0v) is 13.5. The van der Waals surface area contributed by atoms with Gasteiger partial charge in [0.1, 0.15) is 24.1 Å². The first-order valence-electron chi connectivity index (χ1n) is 7.99. The molecule has 1 fully saturated rings. The molecule has 0 unspecified atom stereocenters. The lowest BCUT2D eigenvalue weighted by Crippen LogP contribution is -2.36. The molecular formula is C15H23N3O6. The first-order chi connectivity index (χ1) is 11.5. The molecule has 24 heavy (non-hydrogen) atoms. The molecule has 1 saturated heterocycles. The second-order valence-electron chi connectivity index (χ2n) is 5.74. The van der Waals surface area contributed by atoms with Crippen LogP contribution in [-0.2, 0) is 9.53 Å². The molecule has 2 heterocycles. The van der Waals surface area contributed by atoms with Gasteiger partial charge < -0.3 is 25.4 Å². The summed E-state index contributed by atoms with van der Waals surface area (Å²) < 4.78 is 6.28. The van der Waals surface area contributed by atoms with Crippen molar-refractivity contribution in [1.82, 2.24) is 9.55 Å². The van der Waals surface area contributed by atoms with Crippen molar-refractivity contribution in [3.05, 3.63) is 22.7 Å². The van der Waals surface area contributed by atoms with Gasteiger partial charge in [0.2, 0.25) is 5.91 Å². The van der Waals surface area contributed by atoms with Gasteiger partial charge in [0.05, 0.1) is 6.61 Å². The highest BCUT2D eigenvalue weighted by Crippen LogP contribution is 2.28. The number of nitrogens with zero attached hydrogens (tertiary/aromatic N) is 2. The van der Waals surface area contributed by atoms with Crippen LogP contribution in [0.3, 0.4) is 0 Å². The standard InChI is InChI=1S/C15H23N3O6/c1-2-3-4-5-11(20)16-10-6-7-18(15(23)17-10)14-13(22)12(21)9(8-19)24-14/h6-7,9,12-14,19,21-22H,2-5,8H2,1H3,(H,16,17,20,23)/t9-,12-,13-,14-/m1/s1. The lowest BCUT2D eigenvalue weighted by Gasteiger charge is -2.17. The highest BCUT2D eigenvalue weighted by Gasteiger charge is 2.43. The summed E-state index contributed by atoms with van der Waals surface area (Å²) in [5, 5.41) is 31.3. The van der Waals surface area contributed by atoms with Crippen molar-refractivity contribution in [2.45, 2.75) is 57.1 Å². The lowest BCUT2D eigenvalue weighted by atomic mass is 10.1. The van der Waals surface area contributed by atoms with E-state index < -0.39 is 36.8 Å². The Hall–Kier alpha value is -1.81. The van der Waals surface area contributed by atoms with E-state index >= 15 is 0 Å². The van der Waals surface area contributed by atoms with Gasteiger partial charge in [0.15, 0.2) is 6.23 Å². The van der Waals surface area contributed by atoms with E-state index in [1.54, 1.807) is 0 Å². The Kier molecular flexibility index (Phi) is 6.44. The molecule has 9 nitrogen and oxygen atoms in total. The van der Waals surface area contributed by atoms with E-state index in [4.69, 9.17) is 9.84 Å². The third kappa shape index (κ3) is 4.18. The number of rotatable bonds is 7. The Morgan fingerprint density at radius 3 is 2.71 bits per heavy atom. The Balaban J connectivity index is 2.05. The van der Waals surface area contributed by atoms with Crippen LogP contribution in [0.25, 0.3) is 0 Å². The maximum atomic E-state index is 12.1. The number of aliphatic hydroxyl groups excluding tert-OH is 3. The van der Waals surface area contributed by atoms with Crippen LogP contribution in [0.15, 0.2) is 17.1 Å². The SMILES string of the molecule is CCCCCC(=O)Nc1ccn([C@@H]2O[C@H](CO)[C@@H](O)[C@H]2O)c(=O)n1. The molecule has 2 rings (SSSR count). The third-order valence-corrected chi connectivity index (χ3v) is 3.90. The number of carbonyl (C=O) groups is 1.